The van der Waals surface area contributed by atoms with Crippen molar-refractivity contribution in [1.29, 1.82) is 0 Å². The summed E-state index contributed by atoms with van der Waals surface area (Å²) in [7, 11) is 1.24. The summed E-state index contributed by atoms with van der Waals surface area (Å²) in [6, 6.07) is 1.61. The summed E-state index contributed by atoms with van der Waals surface area (Å²) in [6.45, 7) is 1.58. The largest absolute Gasteiger partial charge is 0.505 e. The van der Waals surface area contributed by atoms with Gasteiger partial charge in [-0.15, -0.1) is 0 Å². The minimum atomic E-state index is -0.776. The molecule has 6 nitrogen and oxygen atoms in total. The van der Waals surface area contributed by atoms with E-state index in [0.29, 0.717) is 11.3 Å². The van der Waals surface area contributed by atoms with Gasteiger partial charge in [-0.3, -0.25) is 0 Å². The molecule has 112 valence electrons. The number of aromatic hydroxyl groups is 1. The van der Waals surface area contributed by atoms with Crippen molar-refractivity contribution in [3.05, 3.63) is 39.0 Å². The molecule has 0 unspecified atom stereocenters. The molecule has 8 heteroatoms. The van der Waals surface area contributed by atoms with Crippen LogP contribution in [0.15, 0.2) is 23.4 Å². The molecule has 0 aliphatic carbocycles. The number of urea groups is 1. The molecule has 1 heterocycles. The third-order valence-corrected chi connectivity index (χ3v) is 3.62. The lowest BCUT2D eigenvalue weighted by Gasteiger charge is -2.28. The molecule has 1 aromatic rings. The Morgan fingerprint density at radius 1 is 1.33 bits per heavy atom. The smallest absolute Gasteiger partial charge is 0.337 e. The predicted octanol–water partition coefficient (Wildman–Crippen LogP) is 2.50. The molecule has 0 radical (unpaired) electrons. The maximum absolute atomic E-state index is 11.9. The Balaban J connectivity index is 2.56. The van der Waals surface area contributed by atoms with E-state index in [1.165, 1.54) is 19.2 Å². The number of nitrogens with one attached hydrogen (secondary N) is 2. The zero-order chi connectivity index (χ0) is 15.7. The van der Waals surface area contributed by atoms with Gasteiger partial charge in [0.2, 0.25) is 0 Å². The molecule has 0 bridgehead atoms. The van der Waals surface area contributed by atoms with Gasteiger partial charge in [0.15, 0.2) is 5.75 Å². The summed E-state index contributed by atoms with van der Waals surface area (Å²) in [5.74, 6) is -0.854. The number of ether oxygens (including phenoxy) is 1. The van der Waals surface area contributed by atoms with Gasteiger partial charge in [-0.2, -0.15) is 0 Å². The lowest BCUT2D eigenvalue weighted by Crippen LogP contribution is -2.45. The van der Waals surface area contributed by atoms with E-state index in [-0.39, 0.29) is 21.4 Å². The van der Waals surface area contributed by atoms with Crippen LogP contribution in [0.4, 0.5) is 4.79 Å². The number of esters is 1. The molecule has 2 amide bonds. The number of hydrogen-bond donors (Lipinski definition) is 3. The van der Waals surface area contributed by atoms with E-state index in [1.807, 2.05) is 0 Å². The topological polar surface area (TPSA) is 87.7 Å². The third-order valence-electron chi connectivity index (χ3n) is 3.05. The number of carbonyl (C=O) groups excluding carboxylic acids is 2. The molecule has 0 spiro atoms. The molecule has 1 aromatic carbocycles. The SMILES string of the molecule is COC(=O)C1=C(C)NC(=O)N[C@H]1c1cc(Cl)c(O)c(Cl)c1. The van der Waals surface area contributed by atoms with Gasteiger partial charge in [-0.05, 0) is 24.6 Å². The summed E-state index contributed by atoms with van der Waals surface area (Å²) in [4.78, 5) is 23.5. The maximum atomic E-state index is 11.9. The average Bonchev–Trinajstić information content (AvgIpc) is 2.42. The van der Waals surface area contributed by atoms with Gasteiger partial charge in [0.05, 0.1) is 28.8 Å². The van der Waals surface area contributed by atoms with E-state index < -0.39 is 18.0 Å². The highest BCUT2D eigenvalue weighted by Gasteiger charge is 2.32. The number of halogens is 2. The van der Waals surface area contributed by atoms with Crippen LogP contribution in [0.1, 0.15) is 18.5 Å². The van der Waals surface area contributed by atoms with Crippen LogP contribution < -0.4 is 10.6 Å². The Kier molecular flexibility index (Phi) is 4.29. The van der Waals surface area contributed by atoms with Crippen LogP contribution in [-0.2, 0) is 9.53 Å². The summed E-state index contributed by atoms with van der Waals surface area (Å²) < 4.78 is 4.73. The monoisotopic (exact) mass is 330 g/mol. The van der Waals surface area contributed by atoms with Crippen molar-refractivity contribution in [2.24, 2.45) is 0 Å². The van der Waals surface area contributed by atoms with Crippen molar-refractivity contribution in [3.8, 4) is 5.75 Å². The number of hydrogen-bond acceptors (Lipinski definition) is 4. The van der Waals surface area contributed by atoms with Gasteiger partial charge in [0.25, 0.3) is 0 Å². The zero-order valence-corrected chi connectivity index (χ0v) is 12.7. The number of benzene rings is 1. The highest BCUT2D eigenvalue weighted by molar-refractivity contribution is 6.37. The average molecular weight is 331 g/mol. The normalized spacial score (nSPS) is 18.1. The molecule has 1 aliphatic heterocycles. The van der Waals surface area contributed by atoms with Gasteiger partial charge >= 0.3 is 12.0 Å². The van der Waals surface area contributed by atoms with E-state index in [2.05, 4.69) is 10.6 Å². The van der Waals surface area contributed by atoms with Crippen molar-refractivity contribution in [1.82, 2.24) is 10.6 Å². The number of allylic oxidation sites excluding steroid dienone is 1. The first-order valence-corrected chi connectivity index (χ1v) is 6.65. The van der Waals surface area contributed by atoms with Crippen molar-refractivity contribution in [2.75, 3.05) is 7.11 Å². The van der Waals surface area contributed by atoms with Crippen LogP contribution in [0, 0.1) is 0 Å². The lowest BCUT2D eigenvalue weighted by atomic mass is 9.95. The molecule has 0 aromatic heterocycles. The molecule has 2 rings (SSSR count). The highest BCUT2D eigenvalue weighted by atomic mass is 35.5. The fourth-order valence-electron chi connectivity index (χ4n) is 2.08. The molecule has 1 aliphatic rings. The number of methoxy groups -OCH3 is 1. The van der Waals surface area contributed by atoms with Crippen molar-refractivity contribution in [3.63, 3.8) is 0 Å². The zero-order valence-electron chi connectivity index (χ0n) is 11.2. The van der Waals surface area contributed by atoms with Crippen molar-refractivity contribution >= 4 is 35.2 Å². The van der Waals surface area contributed by atoms with Crippen molar-refractivity contribution < 1.29 is 19.4 Å². The molecule has 21 heavy (non-hydrogen) atoms. The van der Waals surface area contributed by atoms with Crippen LogP contribution >= 0.6 is 23.2 Å². The quantitative estimate of drug-likeness (QED) is 0.727. The Morgan fingerprint density at radius 2 is 1.90 bits per heavy atom. The summed E-state index contributed by atoms with van der Waals surface area (Å²) >= 11 is 11.8. The fourth-order valence-corrected chi connectivity index (χ4v) is 2.58. The minimum Gasteiger partial charge on any atom is -0.505 e. The first kappa shape index (κ1) is 15.5. The van der Waals surface area contributed by atoms with E-state index in [4.69, 9.17) is 27.9 Å². The Morgan fingerprint density at radius 3 is 2.43 bits per heavy atom. The van der Waals surface area contributed by atoms with Crippen LogP contribution in [-0.4, -0.2) is 24.2 Å². The Bertz CT molecular complexity index is 635. The molecule has 0 fully saturated rings. The second-order valence-corrected chi connectivity index (χ2v) is 5.21. The fraction of sp³-hybridized carbons (Fsp3) is 0.231. The molecule has 0 saturated heterocycles. The number of phenolic OH excluding ortho intramolecular Hbond substituents is 1. The van der Waals surface area contributed by atoms with Gasteiger partial charge < -0.3 is 20.5 Å². The first-order valence-electron chi connectivity index (χ1n) is 5.89. The van der Waals surface area contributed by atoms with E-state index in [9.17, 15) is 14.7 Å². The Hall–Kier alpha value is -1.92. The van der Waals surface area contributed by atoms with Crippen LogP contribution in [0.2, 0.25) is 10.0 Å². The second-order valence-electron chi connectivity index (χ2n) is 4.39. The molecule has 1 atom stereocenters. The first-order chi connectivity index (χ1) is 9.85. The maximum Gasteiger partial charge on any atom is 0.337 e. The molecular weight excluding hydrogens is 319 g/mol. The third kappa shape index (κ3) is 2.91. The Labute approximate surface area is 130 Å². The second kappa shape index (κ2) is 5.83. The minimum absolute atomic E-state index is 0.0205. The number of rotatable bonds is 2. The summed E-state index contributed by atoms with van der Waals surface area (Å²) in [6.07, 6.45) is 0. The number of phenols is 1. The molecule has 0 saturated carbocycles. The van der Waals surface area contributed by atoms with Gasteiger partial charge in [-0.25, -0.2) is 9.59 Å². The van der Waals surface area contributed by atoms with Gasteiger partial charge in [0, 0.05) is 5.70 Å². The molecule has 3 N–H and O–H groups in total. The van der Waals surface area contributed by atoms with Gasteiger partial charge in [-0.1, -0.05) is 23.2 Å². The van der Waals surface area contributed by atoms with E-state index in [1.54, 1.807) is 6.92 Å². The van der Waals surface area contributed by atoms with Crippen LogP contribution in [0.5, 0.6) is 5.75 Å². The van der Waals surface area contributed by atoms with E-state index in [0.717, 1.165) is 0 Å². The number of amides is 2. The summed E-state index contributed by atoms with van der Waals surface area (Å²) in [5, 5.41) is 14.7. The standard InChI is InChI=1S/C13H12Cl2N2O4/c1-5-9(12(19)21-2)10(17-13(20)16-5)6-3-7(14)11(18)8(15)4-6/h3-4,10,18H,1-2H3,(H2,16,17,20)/t10-/m0/s1. The lowest BCUT2D eigenvalue weighted by molar-refractivity contribution is -0.136. The van der Waals surface area contributed by atoms with E-state index >= 15 is 0 Å². The predicted molar refractivity (Wildman–Crippen MR) is 77.3 cm³/mol. The highest BCUT2D eigenvalue weighted by Crippen LogP contribution is 2.37. The summed E-state index contributed by atoms with van der Waals surface area (Å²) in [5.41, 5.74) is 1.06. The number of carbonyl (C=O) groups is 2. The molecular formula is C13H12Cl2N2O4. The van der Waals surface area contributed by atoms with Crippen molar-refractivity contribution in [2.45, 2.75) is 13.0 Å². The van der Waals surface area contributed by atoms with Gasteiger partial charge in [0.1, 0.15) is 0 Å². The van der Waals surface area contributed by atoms with Crippen LogP contribution in [0.25, 0.3) is 0 Å². The van der Waals surface area contributed by atoms with Crippen LogP contribution in [0.3, 0.4) is 0 Å².